The third-order valence-electron chi connectivity index (χ3n) is 7.09. The Balaban J connectivity index is 1.28. The Hall–Kier alpha value is -1.30. The molecular formula is C23H37N3O2. The van der Waals surface area contributed by atoms with Crippen molar-refractivity contribution in [2.45, 2.75) is 63.1 Å². The van der Waals surface area contributed by atoms with Crippen LogP contribution in [-0.4, -0.2) is 79.5 Å². The number of piperidine rings is 2. The normalized spacial score (nSPS) is 28.9. The first kappa shape index (κ1) is 20.0. The summed E-state index contributed by atoms with van der Waals surface area (Å²) in [5, 5.41) is 10.9. The number of hydrogen-bond acceptors (Lipinski definition) is 5. The number of ether oxygens (including phenoxy) is 1. The maximum absolute atomic E-state index is 10.9. The molecule has 0 amide bonds. The van der Waals surface area contributed by atoms with Crippen molar-refractivity contribution in [3.63, 3.8) is 0 Å². The lowest BCUT2D eigenvalue weighted by molar-refractivity contribution is -0.0279. The van der Waals surface area contributed by atoms with E-state index in [1.54, 1.807) is 7.11 Å². The predicted molar refractivity (Wildman–Crippen MR) is 114 cm³/mol. The fourth-order valence-electron chi connectivity index (χ4n) is 5.42. The number of benzene rings is 1. The van der Waals surface area contributed by atoms with Gasteiger partial charge in [0.15, 0.2) is 0 Å². The summed E-state index contributed by atoms with van der Waals surface area (Å²) in [6.07, 6.45) is 8.61. The number of aliphatic hydroxyl groups is 1. The van der Waals surface area contributed by atoms with E-state index >= 15 is 0 Å². The van der Waals surface area contributed by atoms with Gasteiger partial charge in [-0.3, -0.25) is 9.80 Å². The van der Waals surface area contributed by atoms with Crippen LogP contribution in [-0.2, 0) is 0 Å². The van der Waals surface area contributed by atoms with Gasteiger partial charge in [-0.1, -0.05) is 18.9 Å². The molecule has 0 aromatic heterocycles. The molecule has 3 heterocycles. The smallest absolute Gasteiger partial charge is 0.120 e. The molecule has 0 spiro atoms. The highest BCUT2D eigenvalue weighted by Gasteiger charge is 2.35. The highest BCUT2D eigenvalue weighted by Crippen LogP contribution is 2.28. The quantitative estimate of drug-likeness (QED) is 0.860. The first-order chi connectivity index (χ1) is 13.7. The van der Waals surface area contributed by atoms with E-state index < -0.39 is 0 Å². The van der Waals surface area contributed by atoms with E-state index in [9.17, 15) is 5.11 Å². The van der Waals surface area contributed by atoms with Crippen LogP contribution in [0, 0.1) is 0 Å². The van der Waals surface area contributed by atoms with E-state index in [0.29, 0.717) is 12.1 Å². The second kappa shape index (κ2) is 9.47. The van der Waals surface area contributed by atoms with Crippen LogP contribution < -0.4 is 9.64 Å². The Morgan fingerprint density at radius 2 is 1.64 bits per heavy atom. The number of hydrogen-bond donors (Lipinski definition) is 1. The first-order valence-corrected chi connectivity index (χ1v) is 11.3. The van der Waals surface area contributed by atoms with E-state index in [1.807, 2.05) is 6.07 Å². The molecule has 3 saturated heterocycles. The highest BCUT2D eigenvalue weighted by molar-refractivity contribution is 5.51. The summed E-state index contributed by atoms with van der Waals surface area (Å²) in [7, 11) is 1.73. The van der Waals surface area contributed by atoms with Crippen molar-refractivity contribution >= 4 is 5.69 Å². The maximum atomic E-state index is 10.9. The number of aliphatic hydroxyl groups excluding tert-OH is 1. The van der Waals surface area contributed by atoms with Crippen LogP contribution in [0.4, 0.5) is 5.69 Å². The molecule has 1 aromatic rings. The van der Waals surface area contributed by atoms with Gasteiger partial charge in [0.2, 0.25) is 0 Å². The zero-order valence-corrected chi connectivity index (χ0v) is 17.4. The van der Waals surface area contributed by atoms with Crippen molar-refractivity contribution in [2.75, 3.05) is 51.3 Å². The molecule has 0 saturated carbocycles. The average molecular weight is 388 g/mol. The van der Waals surface area contributed by atoms with E-state index in [0.717, 1.165) is 38.3 Å². The van der Waals surface area contributed by atoms with E-state index in [4.69, 9.17) is 4.74 Å². The SMILES string of the molecule is COc1cccc(N2CCC(N3CC[C@@H](N4CCCCCC4)[C@H](O)C3)CC2)c1. The van der Waals surface area contributed by atoms with Crippen molar-refractivity contribution in [1.29, 1.82) is 0 Å². The summed E-state index contributed by atoms with van der Waals surface area (Å²) >= 11 is 0. The Morgan fingerprint density at radius 3 is 2.32 bits per heavy atom. The average Bonchev–Trinajstić information content (AvgIpc) is 3.03. The third kappa shape index (κ3) is 4.64. The van der Waals surface area contributed by atoms with Crippen LogP contribution in [0.25, 0.3) is 0 Å². The molecule has 3 aliphatic heterocycles. The van der Waals surface area contributed by atoms with Gasteiger partial charge in [-0.05, 0) is 57.3 Å². The molecule has 5 nitrogen and oxygen atoms in total. The van der Waals surface area contributed by atoms with Crippen molar-refractivity contribution < 1.29 is 9.84 Å². The molecule has 3 fully saturated rings. The lowest BCUT2D eigenvalue weighted by Crippen LogP contribution is -2.57. The molecule has 0 unspecified atom stereocenters. The zero-order chi connectivity index (χ0) is 19.3. The predicted octanol–water partition coefficient (Wildman–Crippen LogP) is 2.98. The fraction of sp³-hybridized carbons (Fsp3) is 0.739. The minimum Gasteiger partial charge on any atom is -0.497 e. The molecule has 0 bridgehead atoms. The van der Waals surface area contributed by atoms with Crippen LogP contribution in [0.3, 0.4) is 0 Å². The van der Waals surface area contributed by atoms with Crippen molar-refractivity contribution in [3.05, 3.63) is 24.3 Å². The Morgan fingerprint density at radius 1 is 0.893 bits per heavy atom. The summed E-state index contributed by atoms with van der Waals surface area (Å²) in [4.78, 5) is 7.63. The van der Waals surface area contributed by atoms with Gasteiger partial charge in [0.05, 0.1) is 13.2 Å². The van der Waals surface area contributed by atoms with Crippen molar-refractivity contribution in [1.82, 2.24) is 9.80 Å². The number of likely N-dealkylation sites (tertiary alicyclic amines) is 2. The molecule has 28 heavy (non-hydrogen) atoms. The summed E-state index contributed by atoms with van der Waals surface area (Å²) in [6.45, 7) is 6.52. The van der Waals surface area contributed by atoms with Gasteiger partial charge < -0.3 is 14.7 Å². The molecule has 0 radical (unpaired) electrons. The Bertz CT molecular complexity index is 610. The lowest BCUT2D eigenvalue weighted by atomic mass is 9.95. The van der Waals surface area contributed by atoms with Gasteiger partial charge in [0, 0.05) is 50.0 Å². The minimum atomic E-state index is -0.191. The molecule has 3 aliphatic rings. The second-order valence-electron chi connectivity index (χ2n) is 8.79. The Kier molecular flexibility index (Phi) is 6.76. The molecular weight excluding hydrogens is 350 g/mol. The van der Waals surface area contributed by atoms with Crippen LogP contribution in [0.15, 0.2) is 24.3 Å². The molecule has 4 rings (SSSR count). The number of β-amino-alcohol motifs (C(OH)–C–C–N with tert-alkyl or cyclic N) is 1. The number of anilines is 1. The monoisotopic (exact) mass is 387 g/mol. The first-order valence-electron chi connectivity index (χ1n) is 11.3. The van der Waals surface area contributed by atoms with Gasteiger partial charge in [-0.2, -0.15) is 0 Å². The van der Waals surface area contributed by atoms with E-state index in [-0.39, 0.29) is 6.10 Å². The largest absolute Gasteiger partial charge is 0.497 e. The highest BCUT2D eigenvalue weighted by atomic mass is 16.5. The molecule has 2 atom stereocenters. The Labute approximate surface area is 170 Å². The second-order valence-corrected chi connectivity index (χ2v) is 8.79. The summed E-state index contributed by atoms with van der Waals surface area (Å²) in [5.74, 6) is 0.929. The summed E-state index contributed by atoms with van der Waals surface area (Å²) in [5.41, 5.74) is 1.26. The van der Waals surface area contributed by atoms with Crippen LogP contribution in [0.2, 0.25) is 0 Å². The van der Waals surface area contributed by atoms with Crippen LogP contribution in [0.5, 0.6) is 5.75 Å². The van der Waals surface area contributed by atoms with Gasteiger partial charge in [0.1, 0.15) is 5.75 Å². The molecule has 1 N–H and O–H groups in total. The molecule has 156 valence electrons. The van der Waals surface area contributed by atoms with E-state index in [2.05, 4.69) is 32.9 Å². The van der Waals surface area contributed by atoms with Gasteiger partial charge in [-0.15, -0.1) is 0 Å². The lowest BCUT2D eigenvalue weighted by Gasteiger charge is -2.46. The van der Waals surface area contributed by atoms with Gasteiger partial charge in [-0.25, -0.2) is 0 Å². The maximum Gasteiger partial charge on any atom is 0.120 e. The van der Waals surface area contributed by atoms with Crippen LogP contribution >= 0.6 is 0 Å². The van der Waals surface area contributed by atoms with Crippen molar-refractivity contribution in [2.24, 2.45) is 0 Å². The minimum absolute atomic E-state index is 0.191. The fourth-order valence-corrected chi connectivity index (χ4v) is 5.42. The molecule has 5 heteroatoms. The van der Waals surface area contributed by atoms with Gasteiger partial charge in [0.25, 0.3) is 0 Å². The van der Waals surface area contributed by atoms with Crippen molar-refractivity contribution in [3.8, 4) is 5.75 Å². The van der Waals surface area contributed by atoms with Crippen LogP contribution in [0.1, 0.15) is 44.9 Å². The van der Waals surface area contributed by atoms with E-state index in [1.165, 1.54) is 57.3 Å². The topological polar surface area (TPSA) is 39.2 Å². The number of rotatable bonds is 4. The van der Waals surface area contributed by atoms with Gasteiger partial charge >= 0.3 is 0 Å². The number of methoxy groups -OCH3 is 1. The molecule has 1 aromatic carbocycles. The molecule has 0 aliphatic carbocycles. The summed E-state index contributed by atoms with van der Waals surface area (Å²) in [6, 6.07) is 9.39. The summed E-state index contributed by atoms with van der Waals surface area (Å²) < 4.78 is 5.37. The zero-order valence-electron chi connectivity index (χ0n) is 17.4. The third-order valence-corrected chi connectivity index (χ3v) is 7.09. The standard InChI is InChI=1S/C23H37N3O2/c1-28-21-8-6-7-20(17-21)24-14-9-19(10-15-24)26-16-11-22(23(27)18-26)25-12-4-2-3-5-13-25/h6-8,17,19,22-23,27H,2-5,9-16,18H2,1H3/t22-,23-/m1/s1. The number of nitrogens with zero attached hydrogens (tertiary/aromatic N) is 3.